The number of phenolic OH excluding ortho intramolecular Hbond substituents is 1. The molecule has 2 aromatic rings. The van der Waals surface area contributed by atoms with Gasteiger partial charge in [-0.3, -0.25) is 4.79 Å². The highest BCUT2D eigenvalue weighted by Gasteiger charge is 2.20. The molecule has 0 bridgehead atoms. The van der Waals surface area contributed by atoms with Crippen LogP contribution in [0.3, 0.4) is 0 Å². The summed E-state index contributed by atoms with van der Waals surface area (Å²) in [6.07, 6.45) is 0.249. The number of hydrogen-bond donors (Lipinski definition) is 1. The number of nitriles is 1. The third-order valence-electron chi connectivity index (χ3n) is 3.30. The molecule has 4 nitrogen and oxygen atoms in total. The first-order valence-corrected chi connectivity index (χ1v) is 6.67. The van der Waals surface area contributed by atoms with Crippen LogP contribution in [0.5, 0.6) is 5.75 Å². The van der Waals surface area contributed by atoms with E-state index in [0.29, 0.717) is 17.7 Å². The molecule has 2 aromatic carbocycles. The van der Waals surface area contributed by atoms with Crippen molar-refractivity contribution in [1.82, 2.24) is 0 Å². The third-order valence-corrected chi connectivity index (χ3v) is 3.30. The van der Waals surface area contributed by atoms with E-state index >= 15 is 0 Å². The standard InChI is InChI=1S/C17H16N2O2/c1-13-15(9-5-10-16(13)20)17(21)19(12-6-11-18)14-7-3-2-4-8-14/h2-5,7-10,20H,6,12H2,1H3. The molecule has 0 heterocycles. The molecule has 0 aromatic heterocycles. The van der Waals surface area contributed by atoms with Gasteiger partial charge in [0.2, 0.25) is 0 Å². The van der Waals surface area contributed by atoms with Crippen LogP contribution in [-0.2, 0) is 0 Å². The van der Waals surface area contributed by atoms with Crippen molar-refractivity contribution < 1.29 is 9.90 Å². The summed E-state index contributed by atoms with van der Waals surface area (Å²) in [5.74, 6) is -0.126. The Morgan fingerprint density at radius 3 is 2.57 bits per heavy atom. The fourth-order valence-corrected chi connectivity index (χ4v) is 2.12. The molecule has 0 spiro atoms. The minimum absolute atomic E-state index is 0.0918. The molecule has 0 atom stereocenters. The van der Waals surface area contributed by atoms with Crippen molar-refractivity contribution in [3.8, 4) is 11.8 Å². The summed E-state index contributed by atoms with van der Waals surface area (Å²) in [7, 11) is 0. The number of para-hydroxylation sites is 1. The predicted octanol–water partition coefficient (Wildman–Crippen LogP) is 3.26. The summed E-state index contributed by atoms with van der Waals surface area (Å²) < 4.78 is 0. The summed E-state index contributed by atoms with van der Waals surface area (Å²) in [4.78, 5) is 14.3. The molecule has 0 aliphatic heterocycles. The summed E-state index contributed by atoms with van der Waals surface area (Å²) >= 11 is 0. The van der Waals surface area contributed by atoms with Crippen molar-refractivity contribution in [3.63, 3.8) is 0 Å². The quantitative estimate of drug-likeness (QED) is 0.934. The molecule has 0 saturated carbocycles. The molecule has 0 unspecified atom stereocenters. The van der Waals surface area contributed by atoms with Crippen molar-refractivity contribution >= 4 is 11.6 Å². The van der Waals surface area contributed by atoms with Crippen LogP contribution in [0.25, 0.3) is 0 Å². The first-order valence-electron chi connectivity index (χ1n) is 6.67. The van der Waals surface area contributed by atoms with Crippen molar-refractivity contribution in [2.45, 2.75) is 13.3 Å². The van der Waals surface area contributed by atoms with Crippen LogP contribution in [0.2, 0.25) is 0 Å². The summed E-state index contributed by atoms with van der Waals surface area (Å²) in [5, 5.41) is 18.5. The normalized spacial score (nSPS) is 9.90. The average Bonchev–Trinajstić information content (AvgIpc) is 2.51. The maximum absolute atomic E-state index is 12.7. The van der Waals surface area contributed by atoms with Crippen LogP contribution in [-0.4, -0.2) is 17.6 Å². The van der Waals surface area contributed by atoms with Crippen LogP contribution >= 0.6 is 0 Å². The van der Waals surface area contributed by atoms with Crippen LogP contribution < -0.4 is 4.90 Å². The van der Waals surface area contributed by atoms with Gasteiger partial charge in [-0.2, -0.15) is 5.26 Å². The molecule has 0 fully saturated rings. The van der Waals surface area contributed by atoms with Crippen LogP contribution in [0.1, 0.15) is 22.3 Å². The Morgan fingerprint density at radius 2 is 1.90 bits per heavy atom. The van der Waals surface area contributed by atoms with Gasteiger partial charge < -0.3 is 10.0 Å². The van der Waals surface area contributed by atoms with Gasteiger partial charge in [0.1, 0.15) is 5.75 Å². The lowest BCUT2D eigenvalue weighted by molar-refractivity contribution is 0.0986. The van der Waals surface area contributed by atoms with Gasteiger partial charge in [0.25, 0.3) is 5.91 Å². The topological polar surface area (TPSA) is 64.3 Å². The number of phenols is 1. The van der Waals surface area contributed by atoms with Crippen LogP contribution in [0.15, 0.2) is 48.5 Å². The van der Waals surface area contributed by atoms with Crippen molar-refractivity contribution in [1.29, 1.82) is 5.26 Å². The second-order valence-electron chi connectivity index (χ2n) is 4.65. The lowest BCUT2D eigenvalue weighted by Crippen LogP contribution is -2.32. The molecule has 0 aliphatic carbocycles. The smallest absolute Gasteiger partial charge is 0.258 e. The van der Waals surface area contributed by atoms with Crippen LogP contribution in [0, 0.1) is 18.3 Å². The lowest BCUT2D eigenvalue weighted by atomic mass is 10.1. The van der Waals surface area contributed by atoms with Gasteiger partial charge in [-0.1, -0.05) is 24.3 Å². The minimum atomic E-state index is -0.218. The highest BCUT2D eigenvalue weighted by Crippen LogP contribution is 2.23. The first kappa shape index (κ1) is 14.6. The molecular weight excluding hydrogens is 264 g/mol. The van der Waals surface area contributed by atoms with E-state index in [1.54, 1.807) is 30.0 Å². The van der Waals surface area contributed by atoms with E-state index < -0.39 is 0 Å². The Balaban J connectivity index is 2.39. The molecule has 1 amide bonds. The molecular formula is C17H16N2O2. The molecule has 106 valence electrons. The number of carbonyl (C=O) groups is 1. The number of amides is 1. The van der Waals surface area contributed by atoms with Gasteiger partial charge in [-0.25, -0.2) is 0 Å². The zero-order valence-electron chi connectivity index (χ0n) is 11.8. The Kier molecular flexibility index (Phi) is 4.57. The van der Waals surface area contributed by atoms with Gasteiger partial charge in [-0.15, -0.1) is 0 Å². The number of rotatable bonds is 4. The lowest BCUT2D eigenvalue weighted by Gasteiger charge is -2.22. The molecule has 0 aliphatic rings. The average molecular weight is 280 g/mol. The third kappa shape index (κ3) is 3.21. The van der Waals surface area contributed by atoms with E-state index in [0.717, 1.165) is 5.69 Å². The van der Waals surface area contributed by atoms with Crippen LogP contribution in [0.4, 0.5) is 5.69 Å². The number of carbonyl (C=O) groups excluding carboxylic acids is 1. The number of nitrogens with zero attached hydrogens (tertiary/aromatic N) is 2. The molecule has 2 rings (SSSR count). The maximum Gasteiger partial charge on any atom is 0.258 e. The molecule has 0 saturated heterocycles. The van der Waals surface area contributed by atoms with Gasteiger partial charge in [0, 0.05) is 23.4 Å². The maximum atomic E-state index is 12.7. The van der Waals surface area contributed by atoms with E-state index in [2.05, 4.69) is 6.07 Å². The number of aromatic hydroxyl groups is 1. The van der Waals surface area contributed by atoms with E-state index in [1.807, 2.05) is 30.3 Å². The Morgan fingerprint density at radius 1 is 1.19 bits per heavy atom. The summed E-state index contributed by atoms with van der Waals surface area (Å²) in [5.41, 5.74) is 1.72. The molecule has 0 radical (unpaired) electrons. The molecule has 21 heavy (non-hydrogen) atoms. The molecule has 4 heteroatoms. The van der Waals surface area contributed by atoms with Crippen molar-refractivity contribution in [3.05, 3.63) is 59.7 Å². The van der Waals surface area contributed by atoms with E-state index in [1.165, 1.54) is 0 Å². The Labute approximate surface area is 123 Å². The predicted molar refractivity (Wildman–Crippen MR) is 81.2 cm³/mol. The highest BCUT2D eigenvalue weighted by atomic mass is 16.3. The second-order valence-corrected chi connectivity index (χ2v) is 4.65. The van der Waals surface area contributed by atoms with E-state index in [9.17, 15) is 9.90 Å². The van der Waals surface area contributed by atoms with E-state index in [-0.39, 0.29) is 18.1 Å². The first-order chi connectivity index (χ1) is 10.1. The zero-order chi connectivity index (χ0) is 15.2. The fourth-order valence-electron chi connectivity index (χ4n) is 2.12. The summed E-state index contributed by atoms with van der Waals surface area (Å²) in [6.45, 7) is 2.02. The van der Waals surface area contributed by atoms with E-state index in [4.69, 9.17) is 5.26 Å². The Bertz CT molecular complexity index is 675. The Hall–Kier alpha value is -2.80. The highest BCUT2D eigenvalue weighted by molar-refractivity contribution is 6.07. The number of anilines is 1. The monoisotopic (exact) mass is 280 g/mol. The van der Waals surface area contributed by atoms with Gasteiger partial charge in [0.15, 0.2) is 0 Å². The SMILES string of the molecule is Cc1c(O)cccc1C(=O)N(CCC#N)c1ccccc1. The summed E-state index contributed by atoms with van der Waals surface area (Å²) in [6, 6.07) is 16.1. The minimum Gasteiger partial charge on any atom is -0.508 e. The number of benzene rings is 2. The van der Waals surface area contributed by atoms with Gasteiger partial charge in [-0.05, 0) is 31.2 Å². The second kappa shape index (κ2) is 6.58. The molecule has 1 N–H and O–H groups in total. The zero-order valence-corrected chi connectivity index (χ0v) is 11.8. The fraction of sp³-hybridized carbons (Fsp3) is 0.176. The van der Waals surface area contributed by atoms with Gasteiger partial charge in [0.05, 0.1) is 12.5 Å². The van der Waals surface area contributed by atoms with Gasteiger partial charge >= 0.3 is 0 Å². The number of hydrogen-bond acceptors (Lipinski definition) is 3. The van der Waals surface area contributed by atoms with Crippen molar-refractivity contribution in [2.24, 2.45) is 0 Å². The van der Waals surface area contributed by atoms with Crippen molar-refractivity contribution in [2.75, 3.05) is 11.4 Å². The largest absolute Gasteiger partial charge is 0.508 e.